The number of rotatable bonds is 1. The molecular formula is C9H6O3. The van der Waals surface area contributed by atoms with Crippen LogP contribution < -0.4 is 4.89 Å². The van der Waals surface area contributed by atoms with Crippen LogP contribution in [0.4, 0.5) is 0 Å². The van der Waals surface area contributed by atoms with Crippen LogP contribution in [0.1, 0.15) is 15.9 Å². The van der Waals surface area contributed by atoms with E-state index in [1.54, 1.807) is 24.3 Å². The summed E-state index contributed by atoms with van der Waals surface area (Å²) < 4.78 is 0. The molecule has 1 aromatic carbocycles. The number of carbonyl (C=O) groups is 1. The lowest BCUT2D eigenvalue weighted by Crippen LogP contribution is -1.99. The highest BCUT2D eigenvalue weighted by molar-refractivity contribution is 5.84. The lowest BCUT2D eigenvalue weighted by Gasteiger charge is -2.10. The summed E-state index contributed by atoms with van der Waals surface area (Å²) in [7, 11) is 0. The Morgan fingerprint density at radius 1 is 1.33 bits per heavy atom. The van der Waals surface area contributed by atoms with Gasteiger partial charge in [-0.1, -0.05) is 12.1 Å². The second-order valence-corrected chi connectivity index (χ2v) is 2.36. The Hall–Kier alpha value is -1.77. The maximum absolute atomic E-state index is 10.5. The van der Waals surface area contributed by atoms with Crippen LogP contribution in [-0.4, -0.2) is 6.29 Å². The van der Waals surface area contributed by atoms with Crippen LogP contribution in [0.2, 0.25) is 0 Å². The summed E-state index contributed by atoms with van der Waals surface area (Å²) in [5.74, 6) is 0.571. The Kier molecular flexibility index (Phi) is 1.55. The number of hydrogen-bond acceptors (Lipinski definition) is 3. The molecule has 1 aliphatic heterocycles. The van der Waals surface area contributed by atoms with E-state index in [-0.39, 0.29) is 0 Å². The molecule has 0 unspecified atom stereocenters. The molecule has 0 radical (unpaired) electrons. The zero-order valence-electron chi connectivity index (χ0n) is 6.19. The van der Waals surface area contributed by atoms with Crippen LogP contribution in [0.25, 0.3) is 6.08 Å². The van der Waals surface area contributed by atoms with Crippen molar-refractivity contribution < 1.29 is 14.6 Å². The zero-order valence-corrected chi connectivity index (χ0v) is 6.19. The average Bonchev–Trinajstić information content (AvgIpc) is 2.17. The summed E-state index contributed by atoms with van der Waals surface area (Å²) >= 11 is 0. The third-order valence-electron chi connectivity index (χ3n) is 1.65. The number of carbonyl (C=O) groups excluding carboxylic acids is 1. The molecule has 3 heteroatoms. The molecule has 0 spiro atoms. The van der Waals surface area contributed by atoms with Gasteiger partial charge in [-0.15, -0.1) is 0 Å². The van der Waals surface area contributed by atoms with E-state index in [1.807, 2.05) is 0 Å². The minimum absolute atomic E-state index is 0.571. The zero-order chi connectivity index (χ0) is 8.39. The molecule has 1 aromatic rings. The fraction of sp³-hybridized carbons (Fsp3) is 0. The van der Waals surface area contributed by atoms with E-state index in [9.17, 15) is 4.79 Å². The van der Waals surface area contributed by atoms with Crippen molar-refractivity contribution in [2.24, 2.45) is 0 Å². The van der Waals surface area contributed by atoms with Crippen molar-refractivity contribution in [3.8, 4) is 5.75 Å². The van der Waals surface area contributed by atoms with Gasteiger partial charge in [-0.25, -0.2) is 0 Å². The fourth-order valence-electron chi connectivity index (χ4n) is 1.09. The highest BCUT2D eigenvalue weighted by atomic mass is 17.2. The molecule has 1 aliphatic rings. The van der Waals surface area contributed by atoms with E-state index in [1.165, 1.54) is 6.26 Å². The van der Waals surface area contributed by atoms with E-state index < -0.39 is 0 Å². The smallest absolute Gasteiger partial charge is 0.186 e. The normalized spacial score (nSPS) is 12.7. The van der Waals surface area contributed by atoms with Crippen LogP contribution in [0.5, 0.6) is 5.75 Å². The van der Waals surface area contributed by atoms with Crippen molar-refractivity contribution in [1.29, 1.82) is 0 Å². The first-order chi connectivity index (χ1) is 5.92. The summed E-state index contributed by atoms with van der Waals surface area (Å²) in [5.41, 5.74) is 1.37. The predicted octanol–water partition coefficient (Wildman–Crippen LogP) is 1.79. The molecule has 0 amide bonds. The summed E-state index contributed by atoms with van der Waals surface area (Å²) in [6, 6.07) is 5.21. The van der Waals surface area contributed by atoms with Crippen molar-refractivity contribution in [2.75, 3.05) is 0 Å². The van der Waals surface area contributed by atoms with Crippen molar-refractivity contribution in [3.63, 3.8) is 0 Å². The molecule has 0 fully saturated rings. The van der Waals surface area contributed by atoms with Gasteiger partial charge in [-0.2, -0.15) is 0 Å². The van der Waals surface area contributed by atoms with E-state index in [0.29, 0.717) is 11.3 Å². The molecule has 12 heavy (non-hydrogen) atoms. The van der Waals surface area contributed by atoms with Crippen molar-refractivity contribution in [3.05, 3.63) is 35.6 Å². The van der Waals surface area contributed by atoms with Gasteiger partial charge in [-0.05, 0) is 12.1 Å². The highest BCUT2D eigenvalue weighted by Crippen LogP contribution is 2.26. The minimum Gasteiger partial charge on any atom is -0.298 e. The van der Waals surface area contributed by atoms with E-state index >= 15 is 0 Å². The summed E-state index contributed by atoms with van der Waals surface area (Å²) in [4.78, 5) is 20.0. The van der Waals surface area contributed by atoms with Crippen molar-refractivity contribution in [2.45, 2.75) is 0 Å². The Balaban J connectivity index is 2.61. The van der Waals surface area contributed by atoms with Gasteiger partial charge in [0, 0.05) is 11.1 Å². The summed E-state index contributed by atoms with van der Waals surface area (Å²) in [6.07, 6.45) is 3.88. The first-order valence-electron chi connectivity index (χ1n) is 3.50. The maximum Gasteiger partial charge on any atom is 0.186 e. The molecule has 3 nitrogen and oxygen atoms in total. The maximum atomic E-state index is 10.5. The molecule has 0 aliphatic carbocycles. The van der Waals surface area contributed by atoms with Gasteiger partial charge in [0.25, 0.3) is 0 Å². The van der Waals surface area contributed by atoms with Crippen LogP contribution in [0, 0.1) is 0 Å². The fourth-order valence-corrected chi connectivity index (χ4v) is 1.09. The topological polar surface area (TPSA) is 35.5 Å². The third kappa shape index (κ3) is 0.955. The largest absolute Gasteiger partial charge is 0.298 e. The SMILES string of the molecule is O=Cc1cccc2c1C=COO2. The minimum atomic E-state index is 0.571. The van der Waals surface area contributed by atoms with Gasteiger partial charge in [0.15, 0.2) is 12.0 Å². The number of aldehydes is 1. The standard InChI is InChI=1S/C9H6O3/c10-6-7-2-1-3-9-8(7)4-5-11-12-9/h1-6H. The second kappa shape index (κ2) is 2.70. The van der Waals surface area contributed by atoms with E-state index in [2.05, 4.69) is 4.89 Å². The first kappa shape index (κ1) is 6.91. The Bertz CT molecular complexity index is 342. The lowest BCUT2D eigenvalue weighted by molar-refractivity contribution is -0.151. The molecule has 0 atom stereocenters. The first-order valence-corrected chi connectivity index (χ1v) is 3.50. The van der Waals surface area contributed by atoms with Gasteiger partial charge in [0.05, 0.1) is 0 Å². The predicted molar refractivity (Wildman–Crippen MR) is 42.6 cm³/mol. The highest BCUT2D eigenvalue weighted by Gasteiger charge is 2.10. The Labute approximate surface area is 69.1 Å². The molecule has 0 saturated carbocycles. The molecule has 2 rings (SSSR count). The number of benzene rings is 1. The number of fused-ring (bicyclic) bond motifs is 1. The monoisotopic (exact) mass is 162 g/mol. The van der Waals surface area contributed by atoms with E-state index in [4.69, 9.17) is 4.89 Å². The average molecular weight is 162 g/mol. The van der Waals surface area contributed by atoms with Gasteiger partial charge >= 0.3 is 0 Å². The number of hydrogen-bond donors (Lipinski definition) is 0. The van der Waals surface area contributed by atoms with Crippen molar-refractivity contribution >= 4 is 12.4 Å². The van der Waals surface area contributed by atoms with Gasteiger partial charge in [0.1, 0.15) is 6.26 Å². The molecule has 0 saturated heterocycles. The summed E-state index contributed by atoms with van der Waals surface area (Å²) in [5, 5.41) is 0. The Morgan fingerprint density at radius 3 is 3.08 bits per heavy atom. The van der Waals surface area contributed by atoms with Crippen molar-refractivity contribution in [1.82, 2.24) is 0 Å². The second-order valence-electron chi connectivity index (χ2n) is 2.36. The molecule has 1 heterocycles. The van der Waals surface area contributed by atoms with Gasteiger partial charge < -0.3 is 0 Å². The summed E-state index contributed by atoms with van der Waals surface area (Å²) in [6.45, 7) is 0. The molecule has 0 aromatic heterocycles. The van der Waals surface area contributed by atoms with Crippen LogP contribution in [0.3, 0.4) is 0 Å². The molecule has 0 N–H and O–H groups in total. The molecule has 0 bridgehead atoms. The van der Waals surface area contributed by atoms with E-state index in [0.717, 1.165) is 11.8 Å². The quantitative estimate of drug-likeness (QED) is 0.466. The molecular weight excluding hydrogens is 156 g/mol. The lowest BCUT2D eigenvalue weighted by atomic mass is 10.1. The van der Waals surface area contributed by atoms with Crippen LogP contribution in [0.15, 0.2) is 24.5 Å². The Morgan fingerprint density at radius 2 is 2.25 bits per heavy atom. The van der Waals surface area contributed by atoms with Gasteiger partial charge in [-0.3, -0.25) is 14.6 Å². The third-order valence-corrected chi connectivity index (χ3v) is 1.65. The van der Waals surface area contributed by atoms with Crippen LogP contribution in [-0.2, 0) is 4.89 Å². The van der Waals surface area contributed by atoms with Gasteiger partial charge in [0.2, 0.25) is 0 Å². The molecule has 60 valence electrons. The van der Waals surface area contributed by atoms with Crippen LogP contribution >= 0.6 is 0 Å².